The Balaban J connectivity index is 1.55. The first-order chi connectivity index (χ1) is 17.4. The van der Waals surface area contributed by atoms with E-state index in [1.54, 1.807) is 21.1 Å². The number of nitrogens with zero attached hydrogens (tertiary/aromatic N) is 4. The summed E-state index contributed by atoms with van der Waals surface area (Å²) in [6, 6.07) is 7.06. The van der Waals surface area contributed by atoms with Gasteiger partial charge in [-0.3, -0.25) is 10.1 Å². The van der Waals surface area contributed by atoms with Crippen molar-refractivity contribution in [1.29, 1.82) is 0 Å². The Morgan fingerprint density at radius 2 is 1.94 bits per heavy atom. The third kappa shape index (κ3) is 5.67. The fourth-order valence-electron chi connectivity index (χ4n) is 3.90. The van der Waals surface area contributed by atoms with E-state index < -0.39 is 11.1 Å². The quantitative estimate of drug-likeness (QED) is 0.246. The molecule has 12 nitrogen and oxygen atoms in total. The van der Waals surface area contributed by atoms with Crippen LogP contribution in [-0.2, 0) is 16.0 Å². The molecular formula is C23H27N5O7S. The van der Waals surface area contributed by atoms with Gasteiger partial charge in [0, 0.05) is 38.5 Å². The van der Waals surface area contributed by atoms with Crippen molar-refractivity contribution in [2.75, 3.05) is 44.1 Å². The summed E-state index contributed by atoms with van der Waals surface area (Å²) in [7, 11) is 3.14. The lowest BCUT2D eigenvalue weighted by Gasteiger charge is -2.31. The highest BCUT2D eigenvalue weighted by Gasteiger charge is 2.26. The van der Waals surface area contributed by atoms with E-state index in [2.05, 4.69) is 10.3 Å². The maximum atomic E-state index is 11.6. The topological polar surface area (TPSA) is 138 Å². The first-order valence-electron chi connectivity index (χ1n) is 11.4. The molecule has 36 heavy (non-hydrogen) atoms. The zero-order chi connectivity index (χ0) is 25.7. The first-order valence-corrected chi connectivity index (χ1v) is 12.2. The molecule has 0 spiro atoms. The summed E-state index contributed by atoms with van der Waals surface area (Å²) in [4.78, 5) is 34.4. The predicted octanol–water partition coefficient (Wildman–Crippen LogP) is 4.37. The number of nitro groups is 1. The molecule has 3 aromatic rings. The lowest BCUT2D eigenvalue weighted by Crippen LogP contribution is -2.39. The molecule has 0 bridgehead atoms. The van der Waals surface area contributed by atoms with Gasteiger partial charge in [-0.2, -0.15) is 4.98 Å². The average Bonchev–Trinajstić information content (AvgIpc) is 3.32. The molecule has 1 fully saturated rings. The highest BCUT2D eigenvalue weighted by atomic mass is 32.1. The molecule has 1 saturated heterocycles. The van der Waals surface area contributed by atoms with Gasteiger partial charge in [0.2, 0.25) is 5.95 Å². The van der Waals surface area contributed by atoms with Gasteiger partial charge in [-0.15, -0.1) is 0 Å². The van der Waals surface area contributed by atoms with Crippen molar-refractivity contribution in [3.63, 3.8) is 0 Å². The van der Waals surface area contributed by atoms with Crippen LogP contribution < -0.4 is 19.7 Å². The summed E-state index contributed by atoms with van der Waals surface area (Å²) in [5.41, 5.74) is 0.919. The molecule has 1 aliphatic rings. The number of fused-ring (bicyclic) bond motifs is 1. The number of anilines is 2. The SMILES string of the molecule is CCOC(=O)OC1CCN(c2nc(NCc3ccc(OC)c(OC)c3)c3cc([N+](=O)[O-])sc3n2)CC1. The van der Waals surface area contributed by atoms with Gasteiger partial charge in [-0.05, 0) is 36.0 Å². The van der Waals surface area contributed by atoms with Crippen molar-refractivity contribution in [2.24, 2.45) is 0 Å². The predicted molar refractivity (Wildman–Crippen MR) is 134 cm³/mol. The molecule has 0 saturated carbocycles. The Morgan fingerprint density at radius 1 is 1.19 bits per heavy atom. The van der Waals surface area contributed by atoms with Crippen molar-refractivity contribution in [2.45, 2.75) is 32.4 Å². The Labute approximate surface area is 211 Å². The number of rotatable bonds is 9. The number of piperidine rings is 1. The van der Waals surface area contributed by atoms with Gasteiger partial charge in [0.25, 0.3) is 0 Å². The summed E-state index contributed by atoms with van der Waals surface area (Å²) >= 11 is 1.01. The minimum Gasteiger partial charge on any atom is -0.493 e. The van der Waals surface area contributed by atoms with Gasteiger partial charge < -0.3 is 29.2 Å². The van der Waals surface area contributed by atoms with Crippen LogP contribution in [-0.4, -0.2) is 61.1 Å². The van der Waals surface area contributed by atoms with Crippen LogP contribution in [0.5, 0.6) is 11.5 Å². The standard InChI is InChI=1S/C23H27N5O7S/c1-4-34-23(29)35-15-7-9-27(10-8-15)22-25-20(16-12-19(28(30)31)36-21(16)26-22)24-13-14-5-6-17(32-2)18(11-14)33-3/h5-6,11-12,15H,4,7-10,13H2,1-3H3,(H,24,25,26). The van der Waals surface area contributed by atoms with Crippen molar-refractivity contribution < 1.29 is 28.7 Å². The van der Waals surface area contributed by atoms with Crippen LogP contribution in [0.1, 0.15) is 25.3 Å². The molecule has 4 rings (SSSR count). The minimum absolute atomic E-state index is 0.00726. The summed E-state index contributed by atoms with van der Waals surface area (Å²) in [6.07, 6.45) is 0.286. The summed E-state index contributed by atoms with van der Waals surface area (Å²) < 4.78 is 20.9. The van der Waals surface area contributed by atoms with Crippen LogP contribution in [0.2, 0.25) is 0 Å². The van der Waals surface area contributed by atoms with Crippen LogP contribution in [0, 0.1) is 10.1 Å². The number of thiophene rings is 1. The number of aromatic nitrogens is 2. The zero-order valence-corrected chi connectivity index (χ0v) is 21.0. The number of benzene rings is 1. The van der Waals surface area contributed by atoms with Crippen molar-refractivity contribution in [3.8, 4) is 11.5 Å². The third-order valence-corrected chi connectivity index (χ3v) is 6.69. The van der Waals surface area contributed by atoms with E-state index in [1.807, 2.05) is 23.1 Å². The smallest absolute Gasteiger partial charge is 0.493 e. The van der Waals surface area contributed by atoms with Crippen LogP contribution >= 0.6 is 11.3 Å². The number of carbonyl (C=O) groups excluding carboxylic acids is 1. The maximum absolute atomic E-state index is 11.6. The van der Waals surface area contributed by atoms with Crippen LogP contribution in [0.4, 0.5) is 21.6 Å². The highest BCUT2D eigenvalue weighted by Crippen LogP contribution is 2.36. The van der Waals surface area contributed by atoms with E-state index in [4.69, 9.17) is 23.9 Å². The average molecular weight is 518 g/mol. The van der Waals surface area contributed by atoms with Gasteiger partial charge >= 0.3 is 11.2 Å². The van der Waals surface area contributed by atoms with E-state index in [1.165, 1.54) is 6.07 Å². The van der Waals surface area contributed by atoms with E-state index in [-0.39, 0.29) is 17.7 Å². The van der Waals surface area contributed by atoms with Gasteiger partial charge in [0.1, 0.15) is 16.8 Å². The molecule has 2 aromatic heterocycles. The molecule has 13 heteroatoms. The Hall–Kier alpha value is -3.87. The number of ether oxygens (including phenoxy) is 4. The molecule has 1 N–H and O–H groups in total. The van der Waals surface area contributed by atoms with Gasteiger partial charge in [0.15, 0.2) is 11.5 Å². The largest absolute Gasteiger partial charge is 0.508 e. The second kappa shape index (κ2) is 11.2. The second-order valence-electron chi connectivity index (χ2n) is 7.96. The fourth-order valence-corrected chi connectivity index (χ4v) is 4.74. The Kier molecular flexibility index (Phi) is 7.88. The molecule has 0 aliphatic carbocycles. The van der Waals surface area contributed by atoms with Crippen molar-refractivity contribution >= 4 is 44.5 Å². The minimum atomic E-state index is -0.666. The summed E-state index contributed by atoms with van der Waals surface area (Å²) in [5.74, 6) is 2.18. The van der Waals surface area contributed by atoms with Crippen LogP contribution in [0.3, 0.4) is 0 Å². The number of hydrogen-bond acceptors (Lipinski definition) is 12. The van der Waals surface area contributed by atoms with E-state index in [0.29, 0.717) is 66.0 Å². The molecular weight excluding hydrogens is 490 g/mol. The molecule has 1 aliphatic heterocycles. The normalized spacial score (nSPS) is 13.9. The fraction of sp³-hybridized carbons (Fsp3) is 0.435. The number of nitrogens with one attached hydrogen (secondary N) is 1. The van der Waals surface area contributed by atoms with Gasteiger partial charge in [0.05, 0.1) is 31.1 Å². The third-order valence-electron chi connectivity index (χ3n) is 5.71. The molecule has 192 valence electrons. The van der Waals surface area contributed by atoms with E-state index >= 15 is 0 Å². The summed E-state index contributed by atoms with van der Waals surface area (Å²) in [5, 5.41) is 15.3. The second-order valence-corrected chi connectivity index (χ2v) is 8.97. The number of carbonyl (C=O) groups is 1. The number of hydrogen-bond donors (Lipinski definition) is 1. The first kappa shape index (κ1) is 25.2. The maximum Gasteiger partial charge on any atom is 0.508 e. The van der Waals surface area contributed by atoms with Crippen LogP contribution in [0.25, 0.3) is 10.2 Å². The molecule has 3 heterocycles. The molecule has 0 radical (unpaired) electrons. The zero-order valence-electron chi connectivity index (χ0n) is 20.2. The number of methoxy groups -OCH3 is 2. The van der Waals surface area contributed by atoms with Gasteiger partial charge in [-0.25, -0.2) is 9.78 Å². The van der Waals surface area contributed by atoms with Crippen molar-refractivity contribution in [3.05, 3.63) is 39.9 Å². The monoisotopic (exact) mass is 517 g/mol. The van der Waals surface area contributed by atoms with E-state index in [0.717, 1.165) is 16.9 Å². The summed E-state index contributed by atoms with van der Waals surface area (Å²) in [6.45, 7) is 3.53. The van der Waals surface area contributed by atoms with Crippen molar-refractivity contribution in [1.82, 2.24) is 9.97 Å². The Morgan fingerprint density at radius 3 is 2.61 bits per heavy atom. The van der Waals surface area contributed by atoms with Crippen LogP contribution in [0.15, 0.2) is 24.3 Å². The Bertz CT molecular complexity index is 1240. The highest BCUT2D eigenvalue weighted by molar-refractivity contribution is 7.21. The van der Waals surface area contributed by atoms with E-state index in [9.17, 15) is 14.9 Å². The van der Waals surface area contributed by atoms with Gasteiger partial charge in [-0.1, -0.05) is 6.07 Å². The molecule has 0 atom stereocenters. The molecule has 0 amide bonds. The molecule has 0 unspecified atom stereocenters. The lowest BCUT2D eigenvalue weighted by atomic mass is 10.1. The lowest BCUT2D eigenvalue weighted by molar-refractivity contribution is -0.380. The molecule has 1 aromatic carbocycles.